The molecule has 2 aromatic rings. The van der Waals surface area contributed by atoms with Crippen LogP contribution in [0.2, 0.25) is 0 Å². The lowest BCUT2D eigenvalue weighted by molar-refractivity contribution is 1.13. The Bertz CT molecular complexity index is 582. The topological polar surface area (TPSA) is 12.0 Å². The molecule has 0 fully saturated rings. The Morgan fingerprint density at radius 2 is 1.71 bits per heavy atom. The van der Waals surface area contributed by atoms with Gasteiger partial charge in [-0.2, -0.15) is 0 Å². The molecule has 3 rings (SSSR count). The Kier molecular flexibility index (Phi) is 2.45. The van der Waals surface area contributed by atoms with E-state index in [4.69, 9.17) is 0 Å². The second-order valence-electron chi connectivity index (χ2n) is 4.43. The lowest BCUT2D eigenvalue weighted by Gasteiger charge is -2.17. The number of rotatable bonds is 0. The lowest BCUT2D eigenvalue weighted by atomic mass is 9.97. The van der Waals surface area contributed by atoms with Crippen LogP contribution >= 0.6 is 0 Å². The van der Waals surface area contributed by atoms with Crippen LogP contribution < -0.4 is 5.32 Å². The SMILES string of the molecule is C/C1=C/c2ccccc2CNc2ccccc21. The summed E-state index contributed by atoms with van der Waals surface area (Å²) < 4.78 is 0. The summed E-state index contributed by atoms with van der Waals surface area (Å²) in [6.45, 7) is 3.06. The summed E-state index contributed by atoms with van der Waals surface area (Å²) in [6, 6.07) is 17.0. The molecular formula is C16H15N. The van der Waals surface area contributed by atoms with E-state index in [9.17, 15) is 0 Å². The number of para-hydroxylation sites is 1. The minimum Gasteiger partial charge on any atom is -0.380 e. The zero-order valence-electron chi connectivity index (χ0n) is 9.90. The number of hydrogen-bond donors (Lipinski definition) is 1. The molecule has 0 atom stereocenters. The molecule has 0 radical (unpaired) electrons. The van der Waals surface area contributed by atoms with Gasteiger partial charge in [0, 0.05) is 17.8 Å². The average molecular weight is 221 g/mol. The number of allylic oxidation sites excluding steroid dienone is 1. The molecule has 1 aliphatic heterocycles. The molecular weight excluding hydrogens is 206 g/mol. The van der Waals surface area contributed by atoms with Crippen LogP contribution in [0.25, 0.3) is 11.6 Å². The van der Waals surface area contributed by atoms with Crippen LogP contribution in [0.1, 0.15) is 23.6 Å². The fourth-order valence-corrected chi connectivity index (χ4v) is 2.32. The maximum absolute atomic E-state index is 3.51. The van der Waals surface area contributed by atoms with E-state index < -0.39 is 0 Å². The predicted molar refractivity (Wildman–Crippen MR) is 73.8 cm³/mol. The van der Waals surface area contributed by atoms with Crippen molar-refractivity contribution in [3.8, 4) is 0 Å². The van der Waals surface area contributed by atoms with Crippen molar-refractivity contribution in [3.05, 3.63) is 65.2 Å². The van der Waals surface area contributed by atoms with Crippen LogP contribution in [0.15, 0.2) is 48.5 Å². The van der Waals surface area contributed by atoms with Crippen LogP contribution in [0, 0.1) is 0 Å². The Balaban J connectivity index is 2.18. The highest BCUT2D eigenvalue weighted by Crippen LogP contribution is 2.29. The van der Waals surface area contributed by atoms with Gasteiger partial charge in [0.05, 0.1) is 0 Å². The van der Waals surface area contributed by atoms with E-state index in [2.05, 4.69) is 66.8 Å². The molecule has 0 saturated heterocycles. The Morgan fingerprint density at radius 3 is 2.65 bits per heavy atom. The molecule has 2 aromatic carbocycles. The molecule has 0 saturated carbocycles. The first kappa shape index (κ1) is 10.2. The molecule has 0 spiro atoms. The normalized spacial score (nSPS) is 16.6. The van der Waals surface area contributed by atoms with E-state index >= 15 is 0 Å². The van der Waals surface area contributed by atoms with Gasteiger partial charge >= 0.3 is 0 Å². The van der Waals surface area contributed by atoms with Crippen LogP contribution in [-0.4, -0.2) is 0 Å². The Morgan fingerprint density at radius 1 is 0.941 bits per heavy atom. The van der Waals surface area contributed by atoms with Gasteiger partial charge in [-0.25, -0.2) is 0 Å². The molecule has 0 amide bonds. The van der Waals surface area contributed by atoms with E-state index in [1.807, 2.05) is 0 Å². The predicted octanol–water partition coefficient (Wildman–Crippen LogP) is 4.17. The highest BCUT2D eigenvalue weighted by molar-refractivity contribution is 5.87. The Labute approximate surface area is 102 Å². The van der Waals surface area contributed by atoms with Crippen molar-refractivity contribution >= 4 is 17.3 Å². The van der Waals surface area contributed by atoms with E-state index in [1.54, 1.807) is 0 Å². The van der Waals surface area contributed by atoms with Gasteiger partial charge < -0.3 is 5.32 Å². The average Bonchev–Trinajstić information content (AvgIpc) is 2.36. The molecule has 1 aliphatic rings. The van der Waals surface area contributed by atoms with Gasteiger partial charge in [-0.3, -0.25) is 0 Å². The van der Waals surface area contributed by atoms with Gasteiger partial charge in [-0.15, -0.1) is 0 Å². The van der Waals surface area contributed by atoms with Crippen molar-refractivity contribution in [1.82, 2.24) is 0 Å². The second-order valence-corrected chi connectivity index (χ2v) is 4.43. The summed E-state index contributed by atoms with van der Waals surface area (Å²) in [5.41, 5.74) is 6.48. The minimum absolute atomic E-state index is 0.886. The van der Waals surface area contributed by atoms with Gasteiger partial charge in [-0.05, 0) is 29.7 Å². The number of fused-ring (bicyclic) bond motifs is 2. The molecule has 1 nitrogen and oxygen atoms in total. The first-order valence-corrected chi connectivity index (χ1v) is 5.94. The number of anilines is 1. The zero-order valence-corrected chi connectivity index (χ0v) is 9.90. The van der Waals surface area contributed by atoms with Gasteiger partial charge in [0.1, 0.15) is 0 Å². The van der Waals surface area contributed by atoms with Gasteiger partial charge in [0.15, 0.2) is 0 Å². The maximum atomic E-state index is 3.51. The van der Waals surface area contributed by atoms with E-state index in [-0.39, 0.29) is 0 Å². The minimum atomic E-state index is 0.886. The molecule has 1 heteroatoms. The molecule has 0 unspecified atom stereocenters. The molecule has 1 N–H and O–H groups in total. The Hall–Kier alpha value is -2.02. The second kappa shape index (κ2) is 4.10. The summed E-state index contributed by atoms with van der Waals surface area (Å²) in [7, 11) is 0. The summed E-state index contributed by atoms with van der Waals surface area (Å²) in [5, 5.41) is 3.51. The van der Waals surface area contributed by atoms with E-state index in [1.165, 1.54) is 28.0 Å². The maximum Gasteiger partial charge on any atom is 0.0419 e. The van der Waals surface area contributed by atoms with Crippen LogP contribution in [0.3, 0.4) is 0 Å². The lowest BCUT2D eigenvalue weighted by Crippen LogP contribution is -2.05. The highest BCUT2D eigenvalue weighted by atomic mass is 14.9. The van der Waals surface area contributed by atoms with Crippen molar-refractivity contribution in [2.75, 3.05) is 5.32 Å². The van der Waals surface area contributed by atoms with Crippen molar-refractivity contribution < 1.29 is 0 Å². The first-order chi connectivity index (χ1) is 8.34. The van der Waals surface area contributed by atoms with Crippen LogP contribution in [0.5, 0.6) is 0 Å². The largest absolute Gasteiger partial charge is 0.380 e. The molecule has 84 valence electrons. The van der Waals surface area contributed by atoms with E-state index in [0.29, 0.717) is 0 Å². The molecule has 0 aromatic heterocycles. The fraction of sp³-hybridized carbons (Fsp3) is 0.125. The number of nitrogens with one attached hydrogen (secondary N) is 1. The third-order valence-electron chi connectivity index (χ3n) is 3.25. The zero-order chi connectivity index (χ0) is 11.7. The molecule has 17 heavy (non-hydrogen) atoms. The van der Waals surface area contributed by atoms with E-state index in [0.717, 1.165) is 6.54 Å². The monoisotopic (exact) mass is 221 g/mol. The van der Waals surface area contributed by atoms with Gasteiger partial charge in [-0.1, -0.05) is 48.5 Å². The quantitative estimate of drug-likeness (QED) is 0.704. The van der Waals surface area contributed by atoms with Gasteiger partial charge in [0.25, 0.3) is 0 Å². The first-order valence-electron chi connectivity index (χ1n) is 5.94. The molecule has 0 bridgehead atoms. The third-order valence-corrected chi connectivity index (χ3v) is 3.25. The summed E-state index contributed by atoms with van der Waals surface area (Å²) >= 11 is 0. The van der Waals surface area contributed by atoms with Gasteiger partial charge in [0.2, 0.25) is 0 Å². The number of benzene rings is 2. The molecule has 0 aliphatic carbocycles. The van der Waals surface area contributed by atoms with Crippen molar-refractivity contribution in [1.29, 1.82) is 0 Å². The van der Waals surface area contributed by atoms with Crippen molar-refractivity contribution in [2.45, 2.75) is 13.5 Å². The summed E-state index contributed by atoms with van der Waals surface area (Å²) in [5.74, 6) is 0. The molecule has 1 heterocycles. The summed E-state index contributed by atoms with van der Waals surface area (Å²) in [6.07, 6.45) is 2.27. The van der Waals surface area contributed by atoms with Crippen LogP contribution in [0.4, 0.5) is 5.69 Å². The third kappa shape index (κ3) is 1.84. The smallest absolute Gasteiger partial charge is 0.0419 e. The fourth-order valence-electron chi connectivity index (χ4n) is 2.32. The van der Waals surface area contributed by atoms with Crippen molar-refractivity contribution in [2.24, 2.45) is 0 Å². The standard InChI is InChI=1S/C16H15N/c1-12-10-13-6-2-3-7-14(13)11-17-16-9-5-4-8-15(12)16/h2-10,17H,11H2,1H3/b12-10-. The number of hydrogen-bond acceptors (Lipinski definition) is 1. The highest BCUT2D eigenvalue weighted by Gasteiger charge is 2.08. The summed E-state index contributed by atoms with van der Waals surface area (Å²) in [4.78, 5) is 0. The van der Waals surface area contributed by atoms with Crippen LogP contribution in [-0.2, 0) is 6.54 Å². The van der Waals surface area contributed by atoms with Crippen molar-refractivity contribution in [3.63, 3.8) is 0 Å².